The zero-order chi connectivity index (χ0) is 14.0. The first-order chi connectivity index (χ1) is 9.08. The molecule has 0 aliphatic carbocycles. The Labute approximate surface area is 119 Å². The van der Waals surface area contributed by atoms with Gasteiger partial charge >= 0.3 is 5.97 Å². The smallest absolute Gasteiger partial charge is 0.337 e. The van der Waals surface area contributed by atoms with Gasteiger partial charge in [-0.2, -0.15) is 0 Å². The van der Waals surface area contributed by atoms with Crippen LogP contribution in [0.4, 0.5) is 5.69 Å². The zero-order valence-electron chi connectivity index (χ0n) is 10.4. The Morgan fingerprint density at radius 3 is 2.84 bits per heavy atom. The Kier molecular flexibility index (Phi) is 4.09. The number of ether oxygens (including phenoxy) is 1. The number of methoxy groups -OCH3 is 1. The number of alkyl halides is 1. The van der Waals surface area contributed by atoms with Gasteiger partial charge in [-0.3, -0.25) is 4.79 Å². The fraction of sp³-hybridized carbons (Fsp3) is 0.385. The summed E-state index contributed by atoms with van der Waals surface area (Å²) in [4.78, 5) is 24.9. The molecule has 2 rings (SSSR count). The van der Waals surface area contributed by atoms with E-state index in [1.54, 1.807) is 12.1 Å². The molecular weight excluding hydrogens is 314 g/mol. The Hall–Kier alpha value is -1.56. The lowest BCUT2D eigenvalue weighted by Crippen LogP contribution is -2.27. The maximum absolute atomic E-state index is 12.0. The van der Waals surface area contributed by atoms with Crippen LogP contribution in [0.1, 0.15) is 16.8 Å². The van der Waals surface area contributed by atoms with Gasteiger partial charge in [0.05, 0.1) is 12.7 Å². The molecule has 5 nitrogen and oxygen atoms in total. The van der Waals surface area contributed by atoms with E-state index >= 15 is 0 Å². The van der Waals surface area contributed by atoms with Gasteiger partial charge in [-0.05, 0) is 18.1 Å². The molecule has 1 N–H and O–H groups in total. The number of aromatic carboxylic acids is 1. The number of carboxylic acids is 1. The topological polar surface area (TPSA) is 66.8 Å². The van der Waals surface area contributed by atoms with Gasteiger partial charge in [0.1, 0.15) is 11.4 Å². The third kappa shape index (κ3) is 2.58. The van der Waals surface area contributed by atoms with Crippen LogP contribution < -0.4 is 9.64 Å². The standard InChI is InChI=1S/C13H14BrNO4/c1-19-10-4-2-3-9(13(17)18)12(10)15-7-8(6-14)5-11(15)16/h2-4,8H,5-7H2,1H3,(H,17,18). The van der Waals surface area contributed by atoms with Crippen molar-refractivity contribution >= 4 is 33.5 Å². The maximum atomic E-state index is 12.0. The van der Waals surface area contributed by atoms with Crippen molar-refractivity contribution in [3.05, 3.63) is 23.8 Å². The van der Waals surface area contributed by atoms with Crippen molar-refractivity contribution in [1.29, 1.82) is 0 Å². The summed E-state index contributed by atoms with van der Waals surface area (Å²) in [6.07, 6.45) is 0.419. The van der Waals surface area contributed by atoms with Crippen molar-refractivity contribution in [1.82, 2.24) is 0 Å². The molecule has 1 aromatic carbocycles. The first-order valence-electron chi connectivity index (χ1n) is 5.85. The molecule has 1 aliphatic heterocycles. The molecular formula is C13H14BrNO4. The number of carboxylic acid groups (broad SMARTS) is 1. The normalized spacial score (nSPS) is 18.7. The number of benzene rings is 1. The van der Waals surface area contributed by atoms with Gasteiger partial charge in [0.15, 0.2) is 0 Å². The van der Waals surface area contributed by atoms with Crippen molar-refractivity contribution in [2.24, 2.45) is 5.92 Å². The Morgan fingerprint density at radius 1 is 1.58 bits per heavy atom. The Balaban J connectivity index is 2.48. The number of nitrogens with zero attached hydrogens (tertiary/aromatic N) is 1. The fourth-order valence-electron chi connectivity index (χ4n) is 2.24. The average molecular weight is 328 g/mol. The molecule has 0 saturated carbocycles. The van der Waals surface area contributed by atoms with Crippen LogP contribution in [-0.2, 0) is 4.79 Å². The molecule has 0 bridgehead atoms. The molecule has 1 aliphatic rings. The minimum Gasteiger partial charge on any atom is -0.495 e. The van der Waals surface area contributed by atoms with Crippen LogP contribution in [0.5, 0.6) is 5.75 Å². The van der Waals surface area contributed by atoms with Crippen LogP contribution in [-0.4, -0.2) is 36.0 Å². The number of carbonyl (C=O) groups excluding carboxylic acids is 1. The highest BCUT2D eigenvalue weighted by atomic mass is 79.9. The third-order valence-corrected chi connectivity index (χ3v) is 4.06. The van der Waals surface area contributed by atoms with E-state index in [0.717, 1.165) is 0 Å². The highest BCUT2D eigenvalue weighted by Crippen LogP contribution is 2.36. The molecule has 0 spiro atoms. The molecule has 1 heterocycles. The molecule has 0 radical (unpaired) electrons. The van der Waals surface area contributed by atoms with E-state index in [4.69, 9.17) is 4.74 Å². The average Bonchev–Trinajstić information content (AvgIpc) is 2.78. The second-order valence-electron chi connectivity index (χ2n) is 4.39. The monoisotopic (exact) mass is 327 g/mol. The summed E-state index contributed by atoms with van der Waals surface area (Å²) < 4.78 is 5.20. The van der Waals surface area contributed by atoms with Crippen LogP contribution in [0.15, 0.2) is 18.2 Å². The lowest BCUT2D eigenvalue weighted by atomic mass is 10.1. The summed E-state index contributed by atoms with van der Waals surface area (Å²) in [6.45, 7) is 0.505. The first-order valence-corrected chi connectivity index (χ1v) is 6.97. The second kappa shape index (κ2) is 5.61. The number of rotatable bonds is 4. The lowest BCUT2D eigenvalue weighted by molar-refractivity contribution is -0.117. The van der Waals surface area contributed by atoms with Crippen molar-refractivity contribution < 1.29 is 19.4 Å². The van der Waals surface area contributed by atoms with Crippen LogP contribution in [0.3, 0.4) is 0 Å². The molecule has 1 unspecified atom stereocenters. The number of para-hydroxylation sites is 1. The summed E-state index contributed by atoms with van der Waals surface area (Å²) in [5.41, 5.74) is 0.439. The summed E-state index contributed by atoms with van der Waals surface area (Å²) in [5, 5.41) is 9.97. The minimum atomic E-state index is -1.07. The number of hydrogen-bond donors (Lipinski definition) is 1. The SMILES string of the molecule is COc1cccc(C(=O)O)c1N1CC(CBr)CC1=O. The highest BCUT2D eigenvalue weighted by Gasteiger charge is 2.34. The Bertz CT molecular complexity index is 517. The fourth-order valence-corrected chi connectivity index (χ4v) is 2.67. The van der Waals surface area contributed by atoms with Crippen LogP contribution in [0, 0.1) is 5.92 Å². The van der Waals surface area contributed by atoms with Gasteiger partial charge in [-0.1, -0.05) is 22.0 Å². The molecule has 19 heavy (non-hydrogen) atoms. The predicted octanol–water partition coefficient (Wildman–Crippen LogP) is 2.14. The molecule has 6 heteroatoms. The first kappa shape index (κ1) is 13.9. The number of halogens is 1. The van der Waals surface area contributed by atoms with Crippen molar-refractivity contribution in [2.75, 3.05) is 23.9 Å². The molecule has 1 aromatic rings. The summed E-state index contributed by atoms with van der Waals surface area (Å²) in [7, 11) is 1.47. The van der Waals surface area contributed by atoms with Crippen LogP contribution >= 0.6 is 15.9 Å². The third-order valence-electron chi connectivity index (χ3n) is 3.14. The number of amides is 1. The minimum absolute atomic E-state index is 0.0727. The summed E-state index contributed by atoms with van der Waals surface area (Å²) in [5.74, 6) is -0.539. The summed E-state index contributed by atoms with van der Waals surface area (Å²) >= 11 is 3.36. The van der Waals surface area contributed by atoms with E-state index in [1.807, 2.05) is 0 Å². The number of anilines is 1. The van der Waals surface area contributed by atoms with Gasteiger partial charge in [-0.15, -0.1) is 0 Å². The quantitative estimate of drug-likeness (QED) is 0.860. The van der Waals surface area contributed by atoms with E-state index < -0.39 is 5.97 Å². The second-order valence-corrected chi connectivity index (χ2v) is 5.04. The lowest BCUT2D eigenvalue weighted by Gasteiger charge is -2.21. The number of hydrogen-bond acceptors (Lipinski definition) is 3. The summed E-state index contributed by atoms with van der Waals surface area (Å²) in [6, 6.07) is 4.75. The highest BCUT2D eigenvalue weighted by molar-refractivity contribution is 9.09. The van der Waals surface area contributed by atoms with Crippen LogP contribution in [0.25, 0.3) is 0 Å². The van der Waals surface area contributed by atoms with Gasteiger partial charge in [0.25, 0.3) is 0 Å². The van der Waals surface area contributed by atoms with E-state index in [2.05, 4.69) is 15.9 Å². The largest absolute Gasteiger partial charge is 0.495 e. The zero-order valence-corrected chi connectivity index (χ0v) is 12.0. The van der Waals surface area contributed by atoms with E-state index in [9.17, 15) is 14.7 Å². The van der Waals surface area contributed by atoms with Gasteiger partial charge in [-0.25, -0.2) is 4.79 Å². The van der Waals surface area contributed by atoms with Crippen molar-refractivity contribution in [3.63, 3.8) is 0 Å². The van der Waals surface area contributed by atoms with Crippen molar-refractivity contribution in [3.8, 4) is 5.75 Å². The van der Waals surface area contributed by atoms with Crippen LogP contribution in [0.2, 0.25) is 0 Å². The van der Waals surface area contributed by atoms with Gasteiger partial charge in [0.2, 0.25) is 5.91 Å². The van der Waals surface area contributed by atoms with E-state index in [1.165, 1.54) is 18.1 Å². The van der Waals surface area contributed by atoms with Crippen molar-refractivity contribution in [2.45, 2.75) is 6.42 Å². The molecule has 1 saturated heterocycles. The van der Waals surface area contributed by atoms with E-state index in [0.29, 0.717) is 29.7 Å². The molecule has 1 fully saturated rings. The molecule has 102 valence electrons. The van der Waals surface area contributed by atoms with E-state index in [-0.39, 0.29) is 17.4 Å². The molecule has 0 aromatic heterocycles. The van der Waals surface area contributed by atoms with Gasteiger partial charge < -0.3 is 14.7 Å². The Morgan fingerprint density at radius 2 is 2.32 bits per heavy atom. The number of carbonyl (C=O) groups is 2. The predicted molar refractivity (Wildman–Crippen MR) is 74.2 cm³/mol. The molecule has 1 amide bonds. The van der Waals surface area contributed by atoms with Gasteiger partial charge in [0, 0.05) is 18.3 Å². The molecule has 1 atom stereocenters. The maximum Gasteiger partial charge on any atom is 0.337 e.